The monoisotopic (exact) mass is 528 g/mol. The summed E-state index contributed by atoms with van der Waals surface area (Å²) in [4.78, 5) is 23.5. The maximum atomic E-state index is 11.7. The van der Waals surface area contributed by atoms with Crippen LogP contribution in [0.3, 0.4) is 0 Å². The Morgan fingerprint density at radius 2 is 1.53 bits per heavy atom. The Morgan fingerprint density at radius 3 is 2.07 bits per heavy atom. The van der Waals surface area contributed by atoms with Gasteiger partial charge < -0.3 is 23.7 Å². The molecule has 0 saturated heterocycles. The standard InChI is InChI=1S/C22H25IO7/c1-22(2,3)30-20(24)13-28-15-8-6-14(7-9-15)12-29-19-11-17(26-4)16(21(23)25)10-18(19)27-5/h6-11H,12-13H2,1-5H3. The van der Waals surface area contributed by atoms with E-state index in [2.05, 4.69) is 0 Å². The van der Waals surface area contributed by atoms with Gasteiger partial charge in [0.1, 0.15) is 23.7 Å². The Morgan fingerprint density at radius 1 is 0.900 bits per heavy atom. The van der Waals surface area contributed by atoms with Crippen molar-refractivity contribution in [3.05, 3.63) is 47.5 Å². The fraction of sp³-hybridized carbons (Fsp3) is 0.364. The molecular formula is C22H25IO7. The maximum absolute atomic E-state index is 11.7. The predicted molar refractivity (Wildman–Crippen MR) is 120 cm³/mol. The molecule has 0 radical (unpaired) electrons. The van der Waals surface area contributed by atoms with E-state index in [1.165, 1.54) is 14.2 Å². The zero-order chi connectivity index (χ0) is 22.3. The molecule has 0 atom stereocenters. The zero-order valence-electron chi connectivity index (χ0n) is 17.6. The van der Waals surface area contributed by atoms with Gasteiger partial charge in [-0.05, 0) is 44.5 Å². The third-order valence-electron chi connectivity index (χ3n) is 3.79. The average Bonchev–Trinajstić information content (AvgIpc) is 2.69. The molecule has 2 aromatic carbocycles. The first kappa shape index (κ1) is 23.8. The lowest BCUT2D eigenvalue weighted by Crippen LogP contribution is -2.27. The van der Waals surface area contributed by atoms with Gasteiger partial charge in [0.15, 0.2) is 18.1 Å². The van der Waals surface area contributed by atoms with E-state index in [-0.39, 0.29) is 17.0 Å². The van der Waals surface area contributed by atoms with Crippen molar-refractivity contribution in [3.63, 3.8) is 0 Å². The van der Waals surface area contributed by atoms with Gasteiger partial charge in [0.25, 0.3) is 0 Å². The predicted octanol–water partition coefficient (Wildman–Crippen LogP) is 4.58. The highest BCUT2D eigenvalue weighted by atomic mass is 127. The number of benzene rings is 2. The Balaban J connectivity index is 2.00. The van der Waals surface area contributed by atoms with Crippen LogP contribution >= 0.6 is 22.6 Å². The summed E-state index contributed by atoms with van der Waals surface area (Å²) in [5.74, 6) is 1.43. The molecule has 0 heterocycles. The van der Waals surface area contributed by atoms with Gasteiger partial charge in [-0.2, -0.15) is 0 Å². The topological polar surface area (TPSA) is 80.3 Å². The fourth-order valence-electron chi connectivity index (χ4n) is 2.49. The first-order chi connectivity index (χ1) is 14.1. The summed E-state index contributed by atoms with van der Waals surface area (Å²) in [7, 11) is 3.00. The summed E-state index contributed by atoms with van der Waals surface area (Å²) >= 11 is 1.70. The molecule has 162 valence electrons. The minimum atomic E-state index is -0.548. The van der Waals surface area contributed by atoms with E-state index in [0.717, 1.165) is 5.56 Å². The van der Waals surface area contributed by atoms with E-state index in [4.69, 9.17) is 23.7 Å². The van der Waals surface area contributed by atoms with Crippen LogP contribution in [-0.4, -0.2) is 36.2 Å². The van der Waals surface area contributed by atoms with Crippen molar-refractivity contribution in [2.75, 3.05) is 20.8 Å². The molecule has 30 heavy (non-hydrogen) atoms. The van der Waals surface area contributed by atoms with Crippen molar-refractivity contribution < 1.29 is 33.3 Å². The third kappa shape index (κ3) is 7.08. The second-order valence-electron chi connectivity index (χ2n) is 7.28. The van der Waals surface area contributed by atoms with Crippen molar-refractivity contribution in [3.8, 4) is 23.0 Å². The van der Waals surface area contributed by atoms with Gasteiger partial charge >= 0.3 is 5.97 Å². The lowest BCUT2D eigenvalue weighted by Gasteiger charge is -2.19. The number of esters is 1. The molecule has 0 aliphatic carbocycles. The summed E-state index contributed by atoms with van der Waals surface area (Å²) < 4.78 is 27.0. The van der Waals surface area contributed by atoms with Gasteiger partial charge in [0, 0.05) is 28.7 Å². The number of methoxy groups -OCH3 is 2. The van der Waals surface area contributed by atoms with Crippen molar-refractivity contribution in [1.29, 1.82) is 0 Å². The largest absolute Gasteiger partial charge is 0.496 e. The first-order valence-electron chi connectivity index (χ1n) is 9.15. The van der Waals surface area contributed by atoms with Gasteiger partial charge in [-0.3, -0.25) is 4.79 Å². The first-order valence-corrected chi connectivity index (χ1v) is 10.2. The number of carbonyl (C=O) groups excluding carboxylic acids is 2. The van der Waals surface area contributed by atoms with Crippen LogP contribution in [-0.2, 0) is 16.1 Å². The van der Waals surface area contributed by atoms with Crippen LogP contribution in [0, 0.1) is 0 Å². The highest BCUT2D eigenvalue weighted by molar-refractivity contribution is 14.1. The minimum Gasteiger partial charge on any atom is -0.496 e. The molecule has 7 nitrogen and oxygen atoms in total. The quantitative estimate of drug-likeness (QED) is 0.268. The molecule has 0 aromatic heterocycles. The molecule has 0 spiro atoms. The van der Waals surface area contributed by atoms with Crippen molar-refractivity contribution in [1.82, 2.24) is 0 Å². The molecule has 8 heteroatoms. The molecule has 0 amide bonds. The molecule has 0 aliphatic heterocycles. The molecule has 0 fully saturated rings. The molecule has 0 unspecified atom stereocenters. The van der Waals surface area contributed by atoms with Crippen molar-refractivity contribution in [2.45, 2.75) is 33.0 Å². The number of halogens is 1. The highest BCUT2D eigenvalue weighted by Gasteiger charge is 2.17. The number of hydrogen-bond acceptors (Lipinski definition) is 7. The number of carbonyl (C=O) groups is 2. The molecule has 0 saturated carbocycles. The van der Waals surface area contributed by atoms with Gasteiger partial charge in [0.05, 0.1) is 19.8 Å². The highest BCUT2D eigenvalue weighted by Crippen LogP contribution is 2.36. The maximum Gasteiger partial charge on any atom is 0.344 e. The van der Waals surface area contributed by atoms with E-state index >= 15 is 0 Å². The number of ether oxygens (including phenoxy) is 5. The summed E-state index contributed by atoms with van der Waals surface area (Å²) in [5.41, 5.74) is 0.747. The lowest BCUT2D eigenvalue weighted by molar-refractivity contribution is -0.157. The van der Waals surface area contributed by atoms with Crippen LogP contribution in [0.25, 0.3) is 0 Å². The summed E-state index contributed by atoms with van der Waals surface area (Å²) in [6, 6.07) is 10.4. The Labute approximate surface area is 189 Å². The molecule has 0 aliphatic rings. The normalized spacial score (nSPS) is 10.9. The zero-order valence-corrected chi connectivity index (χ0v) is 19.8. The Kier molecular flexibility index (Phi) is 8.33. The summed E-state index contributed by atoms with van der Waals surface area (Å²) in [6.07, 6.45) is 0. The number of hydrogen-bond donors (Lipinski definition) is 0. The second kappa shape index (κ2) is 10.5. The number of rotatable bonds is 9. The van der Waals surface area contributed by atoms with Crippen LogP contribution < -0.4 is 18.9 Å². The van der Waals surface area contributed by atoms with E-state index in [0.29, 0.717) is 28.6 Å². The molecule has 2 rings (SSSR count). The Bertz CT molecular complexity index is 886. The van der Waals surface area contributed by atoms with Crippen molar-refractivity contribution in [2.24, 2.45) is 0 Å². The lowest BCUT2D eigenvalue weighted by atomic mass is 10.2. The van der Waals surface area contributed by atoms with Gasteiger partial charge in [0.2, 0.25) is 3.79 Å². The molecular weight excluding hydrogens is 503 g/mol. The molecule has 0 bridgehead atoms. The van der Waals surface area contributed by atoms with Gasteiger partial charge in [-0.1, -0.05) is 12.1 Å². The van der Waals surface area contributed by atoms with Crippen LogP contribution in [0.4, 0.5) is 0 Å². The van der Waals surface area contributed by atoms with Crippen LogP contribution in [0.2, 0.25) is 0 Å². The average molecular weight is 528 g/mol. The van der Waals surface area contributed by atoms with Crippen LogP contribution in [0.5, 0.6) is 23.0 Å². The third-order valence-corrected chi connectivity index (χ3v) is 4.37. The smallest absolute Gasteiger partial charge is 0.344 e. The van der Waals surface area contributed by atoms with E-state index in [1.54, 1.807) is 67.6 Å². The second-order valence-corrected chi connectivity index (χ2v) is 8.26. The summed E-state index contributed by atoms with van der Waals surface area (Å²) in [5, 5.41) is 0. The van der Waals surface area contributed by atoms with Gasteiger partial charge in [-0.15, -0.1) is 0 Å². The van der Waals surface area contributed by atoms with Gasteiger partial charge in [-0.25, -0.2) is 4.79 Å². The summed E-state index contributed by atoms with van der Waals surface area (Å²) in [6.45, 7) is 5.52. The SMILES string of the molecule is COc1cc(C(=O)I)c(OC)cc1OCc1ccc(OCC(=O)OC(C)(C)C)cc1. The molecule has 2 aromatic rings. The van der Waals surface area contributed by atoms with E-state index < -0.39 is 11.6 Å². The van der Waals surface area contributed by atoms with E-state index in [1.807, 2.05) is 12.1 Å². The van der Waals surface area contributed by atoms with Crippen molar-refractivity contribution >= 4 is 32.4 Å². The minimum absolute atomic E-state index is 0.156. The fourth-order valence-corrected chi connectivity index (χ4v) is 2.91. The molecule has 0 N–H and O–H groups in total. The van der Waals surface area contributed by atoms with Crippen LogP contribution in [0.1, 0.15) is 36.7 Å². The van der Waals surface area contributed by atoms with E-state index in [9.17, 15) is 9.59 Å². The Hall–Kier alpha value is -2.49. The van der Waals surface area contributed by atoms with Crippen LogP contribution in [0.15, 0.2) is 36.4 Å².